The second kappa shape index (κ2) is 8.61. The molecule has 0 saturated carbocycles. The van der Waals surface area contributed by atoms with E-state index < -0.39 is 6.36 Å². The van der Waals surface area contributed by atoms with Gasteiger partial charge in [0.25, 0.3) is 0 Å². The SMILES string of the molecule is FC(F)(F)Oc1cccc(CO[C@H]2COc3ccccc3[C@@H]2N2CCNCC2)c1. The second-order valence-corrected chi connectivity index (χ2v) is 7.12. The topological polar surface area (TPSA) is 43.0 Å². The Morgan fingerprint density at radius 3 is 2.66 bits per heavy atom. The number of ether oxygens (including phenoxy) is 3. The quantitative estimate of drug-likeness (QED) is 0.820. The van der Waals surface area contributed by atoms with Gasteiger partial charge in [-0.2, -0.15) is 0 Å². The molecular formula is C21H23F3N2O3. The number of nitrogens with zero attached hydrogens (tertiary/aromatic N) is 1. The van der Waals surface area contributed by atoms with Crippen molar-refractivity contribution in [3.63, 3.8) is 0 Å². The van der Waals surface area contributed by atoms with Gasteiger partial charge < -0.3 is 19.5 Å². The average Bonchev–Trinajstić information content (AvgIpc) is 2.71. The van der Waals surface area contributed by atoms with Crippen LogP contribution >= 0.6 is 0 Å². The Hall–Kier alpha value is -2.29. The van der Waals surface area contributed by atoms with E-state index >= 15 is 0 Å². The number of hydrogen-bond donors (Lipinski definition) is 1. The maximum Gasteiger partial charge on any atom is 0.573 e. The highest BCUT2D eigenvalue weighted by atomic mass is 19.4. The van der Waals surface area contributed by atoms with Gasteiger partial charge in [-0.25, -0.2) is 0 Å². The summed E-state index contributed by atoms with van der Waals surface area (Å²) in [5.41, 5.74) is 1.70. The third kappa shape index (κ3) is 5.01. The zero-order valence-electron chi connectivity index (χ0n) is 15.8. The first-order valence-electron chi connectivity index (χ1n) is 9.62. The van der Waals surface area contributed by atoms with Gasteiger partial charge in [-0.3, -0.25) is 4.90 Å². The summed E-state index contributed by atoms with van der Waals surface area (Å²) in [6.45, 7) is 4.17. The number of nitrogens with one attached hydrogen (secondary N) is 1. The molecule has 0 spiro atoms. The molecule has 2 aliphatic heterocycles. The van der Waals surface area contributed by atoms with Crippen LogP contribution in [0, 0.1) is 0 Å². The highest BCUT2D eigenvalue weighted by Gasteiger charge is 2.36. The van der Waals surface area contributed by atoms with Crippen LogP contribution in [0.25, 0.3) is 0 Å². The largest absolute Gasteiger partial charge is 0.573 e. The molecule has 2 heterocycles. The highest BCUT2D eigenvalue weighted by molar-refractivity contribution is 5.38. The van der Waals surface area contributed by atoms with E-state index in [1.54, 1.807) is 6.07 Å². The molecule has 2 aromatic carbocycles. The first-order valence-corrected chi connectivity index (χ1v) is 9.62. The molecule has 0 aromatic heterocycles. The van der Waals surface area contributed by atoms with Crippen LogP contribution in [0.5, 0.6) is 11.5 Å². The lowest BCUT2D eigenvalue weighted by Crippen LogP contribution is -2.51. The molecule has 0 bridgehead atoms. The van der Waals surface area contributed by atoms with Crippen molar-refractivity contribution in [3.05, 3.63) is 59.7 Å². The molecule has 2 aromatic rings. The van der Waals surface area contributed by atoms with Crippen LogP contribution in [-0.4, -0.2) is 50.2 Å². The monoisotopic (exact) mass is 408 g/mol. The van der Waals surface area contributed by atoms with Gasteiger partial charge in [0.05, 0.1) is 12.6 Å². The van der Waals surface area contributed by atoms with Crippen molar-refractivity contribution in [1.29, 1.82) is 0 Å². The van der Waals surface area contributed by atoms with E-state index in [1.807, 2.05) is 18.2 Å². The molecule has 8 heteroatoms. The molecule has 5 nitrogen and oxygen atoms in total. The van der Waals surface area contributed by atoms with Gasteiger partial charge in [-0.1, -0.05) is 30.3 Å². The maximum absolute atomic E-state index is 12.5. The number of piperazine rings is 1. The van der Waals surface area contributed by atoms with E-state index in [1.165, 1.54) is 18.2 Å². The van der Waals surface area contributed by atoms with Crippen LogP contribution < -0.4 is 14.8 Å². The summed E-state index contributed by atoms with van der Waals surface area (Å²) < 4.78 is 53.4. The second-order valence-electron chi connectivity index (χ2n) is 7.12. The third-order valence-corrected chi connectivity index (χ3v) is 5.13. The minimum atomic E-state index is -4.71. The standard InChI is InChI=1S/C21H23F3N2O3/c22-21(23,24)29-16-5-3-4-15(12-16)13-27-19-14-28-18-7-2-1-6-17(18)20(19)26-10-8-25-9-11-26/h1-7,12,19-20,25H,8-11,13-14H2/t19-,20-/m0/s1. The van der Waals surface area contributed by atoms with Crippen LogP contribution in [-0.2, 0) is 11.3 Å². The summed E-state index contributed by atoms with van der Waals surface area (Å²) in [6.07, 6.45) is -4.94. The van der Waals surface area contributed by atoms with Crippen molar-refractivity contribution in [2.75, 3.05) is 32.8 Å². The predicted octanol–water partition coefficient (Wildman–Crippen LogP) is 3.51. The van der Waals surface area contributed by atoms with Crippen molar-refractivity contribution in [1.82, 2.24) is 10.2 Å². The summed E-state index contributed by atoms with van der Waals surface area (Å²) >= 11 is 0. The maximum atomic E-state index is 12.5. The molecule has 4 rings (SSSR count). The average molecular weight is 408 g/mol. The molecule has 1 fully saturated rings. The number of benzene rings is 2. The molecule has 2 atom stereocenters. The first-order chi connectivity index (χ1) is 14.0. The van der Waals surface area contributed by atoms with Crippen molar-refractivity contribution in [2.45, 2.75) is 25.1 Å². The van der Waals surface area contributed by atoms with Crippen LogP contribution in [0.1, 0.15) is 17.2 Å². The number of rotatable bonds is 5. The Morgan fingerprint density at radius 1 is 1.07 bits per heavy atom. The van der Waals surface area contributed by atoms with E-state index in [0.717, 1.165) is 37.5 Å². The Labute approximate surface area is 167 Å². The van der Waals surface area contributed by atoms with Crippen molar-refractivity contribution in [2.24, 2.45) is 0 Å². The molecule has 1 N–H and O–H groups in total. The van der Waals surface area contributed by atoms with Crippen LogP contribution in [0.4, 0.5) is 13.2 Å². The van der Waals surface area contributed by atoms with E-state index in [9.17, 15) is 13.2 Å². The molecular weight excluding hydrogens is 385 g/mol. The lowest BCUT2D eigenvalue weighted by atomic mass is 9.95. The number of para-hydroxylation sites is 1. The van der Waals surface area contributed by atoms with Gasteiger partial charge >= 0.3 is 6.36 Å². The van der Waals surface area contributed by atoms with Gasteiger partial charge in [-0.15, -0.1) is 13.2 Å². The van der Waals surface area contributed by atoms with Gasteiger partial charge in [0, 0.05) is 31.7 Å². The predicted molar refractivity (Wildman–Crippen MR) is 101 cm³/mol. The van der Waals surface area contributed by atoms with Crippen LogP contribution in [0.15, 0.2) is 48.5 Å². The summed E-state index contributed by atoms with van der Waals surface area (Å²) in [6, 6.07) is 13.9. The summed E-state index contributed by atoms with van der Waals surface area (Å²) in [5, 5.41) is 3.36. The summed E-state index contributed by atoms with van der Waals surface area (Å²) in [4.78, 5) is 2.38. The van der Waals surface area contributed by atoms with Gasteiger partial charge in [0.2, 0.25) is 0 Å². The van der Waals surface area contributed by atoms with Crippen molar-refractivity contribution >= 4 is 0 Å². The van der Waals surface area contributed by atoms with Crippen molar-refractivity contribution < 1.29 is 27.4 Å². The minimum Gasteiger partial charge on any atom is -0.490 e. The summed E-state index contributed by atoms with van der Waals surface area (Å²) in [5.74, 6) is 0.610. The lowest BCUT2D eigenvalue weighted by Gasteiger charge is -2.42. The molecule has 2 aliphatic rings. The molecule has 0 amide bonds. The Bertz CT molecular complexity index is 825. The Balaban J connectivity index is 1.49. The zero-order chi connectivity index (χ0) is 20.3. The first kappa shape index (κ1) is 20.0. The Morgan fingerprint density at radius 2 is 1.86 bits per heavy atom. The normalized spacial score (nSPS) is 22.6. The van der Waals surface area contributed by atoms with E-state index in [-0.39, 0.29) is 24.5 Å². The van der Waals surface area contributed by atoms with E-state index in [2.05, 4.69) is 21.0 Å². The van der Waals surface area contributed by atoms with Gasteiger partial charge in [0.1, 0.15) is 24.2 Å². The van der Waals surface area contributed by atoms with E-state index in [4.69, 9.17) is 9.47 Å². The molecule has 0 radical (unpaired) electrons. The molecule has 156 valence electrons. The van der Waals surface area contributed by atoms with Gasteiger partial charge in [-0.05, 0) is 23.8 Å². The van der Waals surface area contributed by atoms with Crippen molar-refractivity contribution in [3.8, 4) is 11.5 Å². The lowest BCUT2D eigenvalue weighted by molar-refractivity contribution is -0.274. The number of fused-ring (bicyclic) bond motifs is 1. The van der Waals surface area contributed by atoms with E-state index in [0.29, 0.717) is 12.2 Å². The zero-order valence-corrected chi connectivity index (χ0v) is 15.8. The molecule has 0 aliphatic carbocycles. The molecule has 0 unspecified atom stereocenters. The fourth-order valence-electron chi connectivity index (χ4n) is 3.89. The number of halogens is 3. The highest BCUT2D eigenvalue weighted by Crippen LogP contribution is 2.38. The van der Waals surface area contributed by atoms with Crippen LogP contribution in [0.3, 0.4) is 0 Å². The van der Waals surface area contributed by atoms with Gasteiger partial charge in [0.15, 0.2) is 0 Å². The summed E-state index contributed by atoms with van der Waals surface area (Å²) in [7, 11) is 0. The third-order valence-electron chi connectivity index (χ3n) is 5.13. The molecule has 1 saturated heterocycles. The van der Waals surface area contributed by atoms with Crippen LogP contribution in [0.2, 0.25) is 0 Å². The fourth-order valence-corrected chi connectivity index (χ4v) is 3.89. The molecule has 29 heavy (non-hydrogen) atoms. The smallest absolute Gasteiger partial charge is 0.490 e. The fraction of sp³-hybridized carbons (Fsp3) is 0.429. The minimum absolute atomic E-state index is 0.0386. The number of hydrogen-bond acceptors (Lipinski definition) is 5. The number of alkyl halides is 3. The Kier molecular flexibility index (Phi) is 5.94.